The summed E-state index contributed by atoms with van der Waals surface area (Å²) < 4.78 is 10.5. The van der Waals surface area contributed by atoms with Crippen LogP contribution in [0.4, 0.5) is 17.3 Å². The Labute approximate surface area is 208 Å². The van der Waals surface area contributed by atoms with Crippen LogP contribution in [0.15, 0.2) is 30.6 Å². The number of nitrogens with zero attached hydrogens (tertiary/aromatic N) is 3. The molecule has 0 aliphatic heterocycles. The van der Waals surface area contributed by atoms with E-state index in [1.807, 2.05) is 25.3 Å². The first-order valence-corrected chi connectivity index (χ1v) is 12.4. The SMILES string of the molecule is COC(=O)C[C@@H](C)c1cnc(N(CC(C)C)[C@H]2CC[C@@H](OC)CC2)c(Nc2ccc(Cl)cn2)c1. The van der Waals surface area contributed by atoms with E-state index < -0.39 is 0 Å². The van der Waals surface area contributed by atoms with Crippen molar-refractivity contribution in [1.29, 1.82) is 0 Å². The molecule has 0 aromatic carbocycles. The number of ether oxygens (including phenoxy) is 2. The van der Waals surface area contributed by atoms with E-state index in [-0.39, 0.29) is 11.9 Å². The third-order valence-corrected chi connectivity index (χ3v) is 6.62. The lowest BCUT2D eigenvalue weighted by Gasteiger charge is -2.39. The number of esters is 1. The van der Waals surface area contributed by atoms with Gasteiger partial charge in [0, 0.05) is 32.1 Å². The number of aromatic nitrogens is 2. The van der Waals surface area contributed by atoms with Crippen molar-refractivity contribution in [2.24, 2.45) is 5.92 Å². The van der Waals surface area contributed by atoms with E-state index >= 15 is 0 Å². The van der Waals surface area contributed by atoms with Crippen molar-refractivity contribution in [2.45, 2.75) is 70.9 Å². The summed E-state index contributed by atoms with van der Waals surface area (Å²) in [6.07, 6.45) is 8.36. The highest BCUT2D eigenvalue weighted by Crippen LogP contribution is 2.35. The van der Waals surface area contributed by atoms with Crippen molar-refractivity contribution in [3.8, 4) is 0 Å². The maximum absolute atomic E-state index is 11.9. The second kappa shape index (κ2) is 12.4. The smallest absolute Gasteiger partial charge is 0.306 e. The van der Waals surface area contributed by atoms with Crippen molar-refractivity contribution in [1.82, 2.24) is 9.97 Å². The fourth-order valence-electron chi connectivity index (χ4n) is 4.50. The van der Waals surface area contributed by atoms with Crippen LogP contribution < -0.4 is 10.2 Å². The summed E-state index contributed by atoms with van der Waals surface area (Å²) in [5.41, 5.74) is 1.84. The van der Waals surface area contributed by atoms with Gasteiger partial charge >= 0.3 is 5.97 Å². The number of hydrogen-bond acceptors (Lipinski definition) is 7. The molecule has 1 atom stereocenters. The number of methoxy groups -OCH3 is 2. The Morgan fingerprint density at radius 1 is 1.15 bits per heavy atom. The highest BCUT2D eigenvalue weighted by molar-refractivity contribution is 6.30. The van der Waals surface area contributed by atoms with E-state index in [2.05, 4.69) is 35.1 Å². The van der Waals surface area contributed by atoms with Gasteiger partial charge in [-0.3, -0.25) is 4.79 Å². The molecule has 0 saturated heterocycles. The van der Waals surface area contributed by atoms with E-state index in [9.17, 15) is 4.79 Å². The molecule has 0 radical (unpaired) electrons. The lowest BCUT2D eigenvalue weighted by Crippen LogP contribution is -2.42. The van der Waals surface area contributed by atoms with Crippen molar-refractivity contribution in [3.05, 3.63) is 41.2 Å². The molecular weight excluding hydrogens is 452 g/mol. The first-order valence-electron chi connectivity index (χ1n) is 12.1. The summed E-state index contributed by atoms with van der Waals surface area (Å²) in [6, 6.07) is 6.14. The molecule has 0 amide bonds. The van der Waals surface area contributed by atoms with Gasteiger partial charge in [-0.25, -0.2) is 9.97 Å². The Morgan fingerprint density at radius 2 is 1.88 bits per heavy atom. The molecule has 1 fully saturated rings. The van der Waals surface area contributed by atoms with Crippen molar-refractivity contribution in [2.75, 3.05) is 31.0 Å². The predicted molar refractivity (Wildman–Crippen MR) is 137 cm³/mol. The van der Waals surface area contributed by atoms with Gasteiger partial charge in [0.1, 0.15) is 5.82 Å². The second-order valence-corrected chi connectivity index (χ2v) is 9.96. The van der Waals surface area contributed by atoms with Gasteiger partial charge in [0.05, 0.1) is 30.3 Å². The molecular formula is C26H37ClN4O3. The van der Waals surface area contributed by atoms with Gasteiger partial charge in [0.2, 0.25) is 0 Å². The van der Waals surface area contributed by atoms with Crippen molar-refractivity contribution < 1.29 is 14.3 Å². The predicted octanol–water partition coefficient (Wildman–Crippen LogP) is 5.96. The second-order valence-electron chi connectivity index (χ2n) is 9.52. The Bertz CT molecular complexity index is 930. The third-order valence-electron chi connectivity index (χ3n) is 6.40. The van der Waals surface area contributed by atoms with Gasteiger partial charge in [-0.05, 0) is 61.3 Å². The van der Waals surface area contributed by atoms with Crippen LogP contribution >= 0.6 is 11.6 Å². The molecule has 186 valence electrons. The summed E-state index contributed by atoms with van der Waals surface area (Å²) in [4.78, 5) is 23.7. The molecule has 1 aliphatic carbocycles. The molecule has 8 heteroatoms. The van der Waals surface area contributed by atoms with Crippen LogP contribution in [0.1, 0.15) is 64.4 Å². The zero-order valence-corrected chi connectivity index (χ0v) is 21.6. The minimum absolute atomic E-state index is 0.0246. The van der Waals surface area contributed by atoms with Crippen LogP contribution in [0.3, 0.4) is 0 Å². The Kier molecular flexibility index (Phi) is 9.54. The topological polar surface area (TPSA) is 76.6 Å². The normalized spacial score (nSPS) is 19.0. The minimum atomic E-state index is -0.234. The molecule has 7 nitrogen and oxygen atoms in total. The summed E-state index contributed by atoms with van der Waals surface area (Å²) in [6.45, 7) is 7.37. The van der Waals surface area contributed by atoms with Gasteiger partial charge in [-0.2, -0.15) is 0 Å². The molecule has 0 unspecified atom stereocenters. The van der Waals surface area contributed by atoms with Crippen LogP contribution in [0.25, 0.3) is 0 Å². The van der Waals surface area contributed by atoms with Crippen molar-refractivity contribution >= 4 is 34.9 Å². The van der Waals surface area contributed by atoms with Crippen LogP contribution in [0, 0.1) is 5.92 Å². The number of pyridine rings is 2. The molecule has 3 rings (SSSR count). The summed E-state index contributed by atoms with van der Waals surface area (Å²) >= 11 is 6.04. The van der Waals surface area contributed by atoms with Gasteiger partial charge in [0.25, 0.3) is 0 Å². The fourth-order valence-corrected chi connectivity index (χ4v) is 4.61. The Morgan fingerprint density at radius 3 is 2.47 bits per heavy atom. The number of halogens is 1. The molecule has 2 heterocycles. The monoisotopic (exact) mass is 488 g/mol. The zero-order chi connectivity index (χ0) is 24.7. The van der Waals surface area contributed by atoms with Crippen LogP contribution in [-0.4, -0.2) is 48.8 Å². The number of carbonyl (C=O) groups is 1. The number of carbonyl (C=O) groups excluding carboxylic acids is 1. The van der Waals surface area contributed by atoms with Crippen LogP contribution in [0.5, 0.6) is 0 Å². The van der Waals surface area contributed by atoms with E-state index in [0.29, 0.717) is 35.3 Å². The summed E-state index contributed by atoms with van der Waals surface area (Å²) in [5, 5.41) is 4.04. The molecule has 1 N–H and O–H groups in total. The van der Waals surface area contributed by atoms with Gasteiger partial charge in [-0.15, -0.1) is 0 Å². The number of hydrogen-bond donors (Lipinski definition) is 1. The average Bonchev–Trinajstić information content (AvgIpc) is 2.84. The Balaban J connectivity index is 1.97. The van der Waals surface area contributed by atoms with Crippen LogP contribution in [0.2, 0.25) is 5.02 Å². The van der Waals surface area contributed by atoms with E-state index in [1.165, 1.54) is 7.11 Å². The minimum Gasteiger partial charge on any atom is -0.469 e. The number of anilines is 3. The standard InChI is InChI=1S/C26H37ClN4O3/c1-17(2)16-31(21-7-9-22(33-4)10-8-21)26-23(30-24-11-6-20(27)15-28-24)13-19(14-29-26)18(3)12-25(32)34-5/h6,11,13-15,17-18,21-22H,7-10,12,16H2,1-5H3,(H,28,30)/t18-,21-,22+/m1/s1. The summed E-state index contributed by atoms with van der Waals surface area (Å²) in [7, 11) is 3.21. The lowest BCUT2D eigenvalue weighted by atomic mass is 9.91. The van der Waals surface area contributed by atoms with Gasteiger partial charge in [0.15, 0.2) is 5.82 Å². The summed E-state index contributed by atoms with van der Waals surface area (Å²) in [5.74, 6) is 1.81. The Hall–Kier alpha value is -2.38. The molecule has 1 aliphatic rings. The van der Waals surface area contributed by atoms with Gasteiger partial charge in [-0.1, -0.05) is 32.4 Å². The highest BCUT2D eigenvalue weighted by atomic mass is 35.5. The largest absolute Gasteiger partial charge is 0.469 e. The maximum atomic E-state index is 11.9. The number of nitrogens with one attached hydrogen (secondary N) is 1. The zero-order valence-electron chi connectivity index (χ0n) is 20.9. The third kappa shape index (κ3) is 7.06. The number of rotatable bonds is 10. The molecule has 34 heavy (non-hydrogen) atoms. The maximum Gasteiger partial charge on any atom is 0.306 e. The molecule has 0 spiro atoms. The van der Waals surface area contributed by atoms with E-state index in [1.54, 1.807) is 13.3 Å². The van der Waals surface area contributed by atoms with Crippen molar-refractivity contribution in [3.63, 3.8) is 0 Å². The lowest BCUT2D eigenvalue weighted by molar-refractivity contribution is -0.140. The molecule has 1 saturated carbocycles. The molecule has 0 bridgehead atoms. The quantitative estimate of drug-likeness (QED) is 0.413. The first-order chi connectivity index (χ1) is 16.3. The molecule has 2 aromatic rings. The van der Waals surface area contributed by atoms with E-state index in [0.717, 1.165) is 49.3 Å². The highest BCUT2D eigenvalue weighted by Gasteiger charge is 2.29. The van der Waals surface area contributed by atoms with Gasteiger partial charge < -0.3 is 19.7 Å². The first kappa shape index (κ1) is 26.2. The van der Waals surface area contributed by atoms with Crippen LogP contribution in [-0.2, 0) is 14.3 Å². The average molecular weight is 489 g/mol. The molecule has 2 aromatic heterocycles. The fraction of sp³-hybridized carbons (Fsp3) is 0.577. The van der Waals surface area contributed by atoms with E-state index in [4.69, 9.17) is 26.1 Å².